The van der Waals surface area contributed by atoms with E-state index >= 15 is 0 Å². The van der Waals surface area contributed by atoms with Crippen LogP contribution in [0, 0.1) is 6.92 Å². The van der Waals surface area contributed by atoms with Crippen LogP contribution in [0.15, 0.2) is 109 Å². The molecule has 0 radical (unpaired) electrons. The summed E-state index contributed by atoms with van der Waals surface area (Å²) in [5.74, 6) is 0. The zero-order chi connectivity index (χ0) is 20.8. The molecule has 0 N–H and O–H groups in total. The van der Waals surface area contributed by atoms with Gasteiger partial charge < -0.3 is 0 Å². The summed E-state index contributed by atoms with van der Waals surface area (Å²) in [7, 11) is 0. The van der Waals surface area contributed by atoms with Crippen LogP contribution in [0.5, 0.6) is 0 Å². The van der Waals surface area contributed by atoms with Crippen LogP contribution in [-0.4, -0.2) is 4.98 Å². The van der Waals surface area contributed by atoms with Crippen molar-refractivity contribution in [1.29, 1.82) is 0 Å². The molecule has 0 saturated heterocycles. The van der Waals surface area contributed by atoms with Gasteiger partial charge >= 0.3 is 0 Å². The number of fused-ring (bicyclic) bond motifs is 6. The van der Waals surface area contributed by atoms with E-state index in [9.17, 15) is 0 Å². The number of aryl methyl sites for hydroxylation is 1. The fourth-order valence-electron chi connectivity index (χ4n) is 4.80. The molecule has 0 spiro atoms. The second kappa shape index (κ2) is 7.07. The number of hydrogen-bond donors (Lipinski definition) is 0. The highest BCUT2D eigenvalue weighted by molar-refractivity contribution is 6.25. The molecule has 1 heterocycles. The van der Waals surface area contributed by atoms with Crippen molar-refractivity contribution >= 4 is 32.3 Å². The first-order valence-corrected chi connectivity index (χ1v) is 10.7. The van der Waals surface area contributed by atoms with E-state index in [1.807, 2.05) is 0 Å². The lowest BCUT2D eigenvalue weighted by Gasteiger charge is -2.15. The van der Waals surface area contributed by atoms with Crippen molar-refractivity contribution in [1.82, 2.24) is 4.98 Å². The lowest BCUT2D eigenvalue weighted by Crippen LogP contribution is -1.93. The Labute approximate surface area is 181 Å². The predicted octanol–water partition coefficient (Wildman–Crippen LogP) is 8.18. The normalized spacial score (nSPS) is 11.4. The highest BCUT2D eigenvalue weighted by Crippen LogP contribution is 2.39. The van der Waals surface area contributed by atoms with Crippen LogP contribution in [0.4, 0.5) is 0 Å². The molecule has 1 heteroatoms. The van der Waals surface area contributed by atoms with Crippen molar-refractivity contribution in [2.24, 2.45) is 0 Å². The maximum atomic E-state index is 4.98. The highest BCUT2D eigenvalue weighted by Gasteiger charge is 2.14. The van der Waals surface area contributed by atoms with E-state index in [0.717, 1.165) is 5.69 Å². The van der Waals surface area contributed by atoms with Crippen molar-refractivity contribution in [3.63, 3.8) is 0 Å². The molecule has 0 saturated carbocycles. The number of aromatic nitrogens is 1. The lowest BCUT2D eigenvalue weighted by molar-refractivity contribution is 1.33. The Morgan fingerprint density at radius 2 is 1.10 bits per heavy atom. The van der Waals surface area contributed by atoms with Crippen LogP contribution in [-0.2, 0) is 0 Å². The summed E-state index contributed by atoms with van der Waals surface area (Å²) in [5.41, 5.74) is 5.89. The fourth-order valence-corrected chi connectivity index (χ4v) is 4.80. The highest BCUT2D eigenvalue weighted by atomic mass is 14.7. The summed E-state index contributed by atoms with van der Waals surface area (Å²) in [4.78, 5) is 4.98. The van der Waals surface area contributed by atoms with E-state index in [1.54, 1.807) is 0 Å². The van der Waals surface area contributed by atoms with Gasteiger partial charge in [0.05, 0.1) is 5.69 Å². The van der Waals surface area contributed by atoms with Gasteiger partial charge in [0.2, 0.25) is 0 Å². The molecule has 0 amide bonds. The van der Waals surface area contributed by atoms with Crippen LogP contribution in [0.1, 0.15) is 5.56 Å². The Morgan fingerprint density at radius 1 is 0.516 bits per heavy atom. The van der Waals surface area contributed by atoms with E-state index in [-0.39, 0.29) is 0 Å². The maximum Gasteiger partial charge on any atom is 0.0717 e. The molecule has 1 nitrogen and oxygen atoms in total. The van der Waals surface area contributed by atoms with E-state index in [4.69, 9.17) is 4.98 Å². The maximum absolute atomic E-state index is 4.98. The average molecular weight is 396 g/mol. The first-order valence-electron chi connectivity index (χ1n) is 10.7. The van der Waals surface area contributed by atoms with Crippen LogP contribution in [0.2, 0.25) is 0 Å². The number of pyridine rings is 1. The first-order chi connectivity index (χ1) is 15.3. The minimum Gasteiger partial charge on any atom is -0.256 e. The van der Waals surface area contributed by atoms with Crippen molar-refractivity contribution in [2.75, 3.05) is 0 Å². The number of nitrogens with zero attached hydrogens (tertiary/aromatic N) is 1. The predicted molar refractivity (Wildman–Crippen MR) is 132 cm³/mol. The second-order valence-electron chi connectivity index (χ2n) is 8.07. The van der Waals surface area contributed by atoms with Gasteiger partial charge in [-0.15, -0.1) is 0 Å². The minimum atomic E-state index is 1.02. The molecule has 0 atom stereocenters. The molecule has 0 bridgehead atoms. The number of hydrogen-bond acceptors (Lipinski definition) is 1. The first kappa shape index (κ1) is 17.9. The summed E-state index contributed by atoms with van der Waals surface area (Å²) < 4.78 is 0. The fraction of sp³-hybridized carbons (Fsp3) is 0.0333. The SMILES string of the molecule is Cc1cccc(-c2ccccc2)c1-c1cc2c3ccccc3c3ccccc3c2cn1. The van der Waals surface area contributed by atoms with Crippen molar-refractivity contribution in [3.05, 3.63) is 115 Å². The van der Waals surface area contributed by atoms with Gasteiger partial charge in [0.1, 0.15) is 0 Å². The Balaban J connectivity index is 1.71. The number of benzene rings is 5. The minimum absolute atomic E-state index is 1.02. The van der Waals surface area contributed by atoms with Crippen LogP contribution in [0.25, 0.3) is 54.7 Å². The van der Waals surface area contributed by atoms with Gasteiger partial charge in [0.25, 0.3) is 0 Å². The lowest BCUT2D eigenvalue weighted by atomic mass is 9.91. The Kier molecular flexibility index (Phi) is 4.07. The zero-order valence-electron chi connectivity index (χ0n) is 17.3. The third-order valence-corrected chi connectivity index (χ3v) is 6.24. The third-order valence-electron chi connectivity index (χ3n) is 6.24. The van der Waals surface area contributed by atoms with Gasteiger partial charge in [-0.25, -0.2) is 0 Å². The van der Waals surface area contributed by atoms with Crippen LogP contribution >= 0.6 is 0 Å². The molecule has 6 rings (SSSR count). The molecule has 31 heavy (non-hydrogen) atoms. The van der Waals surface area contributed by atoms with Gasteiger partial charge in [-0.1, -0.05) is 97.1 Å². The third kappa shape index (κ3) is 2.82. The molecule has 5 aromatic carbocycles. The summed E-state index contributed by atoms with van der Waals surface area (Å²) >= 11 is 0. The Bertz CT molecular complexity index is 1540. The van der Waals surface area contributed by atoms with Gasteiger partial charge in [0, 0.05) is 17.1 Å². The molecule has 0 aliphatic carbocycles. The zero-order valence-corrected chi connectivity index (χ0v) is 17.3. The summed E-state index contributed by atoms with van der Waals surface area (Å²) in [6.45, 7) is 2.17. The average Bonchev–Trinajstić information content (AvgIpc) is 2.84. The van der Waals surface area contributed by atoms with Gasteiger partial charge in [-0.2, -0.15) is 0 Å². The largest absolute Gasteiger partial charge is 0.256 e. The van der Waals surface area contributed by atoms with Crippen molar-refractivity contribution in [2.45, 2.75) is 6.92 Å². The van der Waals surface area contributed by atoms with Gasteiger partial charge in [-0.05, 0) is 56.6 Å². The van der Waals surface area contributed by atoms with Crippen LogP contribution in [0.3, 0.4) is 0 Å². The van der Waals surface area contributed by atoms with Crippen molar-refractivity contribution in [3.8, 4) is 22.4 Å². The monoisotopic (exact) mass is 395 g/mol. The molecular weight excluding hydrogens is 374 g/mol. The molecule has 0 aliphatic heterocycles. The molecule has 0 aliphatic rings. The van der Waals surface area contributed by atoms with E-state index in [0.29, 0.717) is 0 Å². The summed E-state index contributed by atoms with van der Waals surface area (Å²) in [5, 5.41) is 7.55. The Hall–Kier alpha value is -3.97. The van der Waals surface area contributed by atoms with E-state index in [2.05, 4.69) is 116 Å². The molecule has 1 aromatic heterocycles. The standard InChI is InChI=1S/C30H21N/c1-20-10-9-17-22(21-11-3-2-4-12-21)30(20)29-18-27-25-15-7-5-13-23(25)24-14-6-8-16-26(24)28(27)19-31-29/h2-19H,1H3. The summed E-state index contributed by atoms with van der Waals surface area (Å²) in [6.07, 6.45) is 2.06. The van der Waals surface area contributed by atoms with Crippen LogP contribution < -0.4 is 0 Å². The van der Waals surface area contributed by atoms with Crippen molar-refractivity contribution < 1.29 is 0 Å². The van der Waals surface area contributed by atoms with Gasteiger partial charge in [0.15, 0.2) is 0 Å². The van der Waals surface area contributed by atoms with E-state index < -0.39 is 0 Å². The molecule has 0 unspecified atom stereocenters. The molecular formula is C30H21N. The topological polar surface area (TPSA) is 12.9 Å². The quantitative estimate of drug-likeness (QED) is 0.269. The van der Waals surface area contributed by atoms with E-state index in [1.165, 1.54) is 54.6 Å². The molecule has 6 aromatic rings. The van der Waals surface area contributed by atoms with Gasteiger partial charge in [-0.3, -0.25) is 4.98 Å². The Morgan fingerprint density at radius 3 is 1.77 bits per heavy atom. The molecule has 146 valence electrons. The molecule has 0 fully saturated rings. The second-order valence-corrected chi connectivity index (χ2v) is 8.07. The number of rotatable bonds is 2. The smallest absolute Gasteiger partial charge is 0.0717 e. The summed E-state index contributed by atoms with van der Waals surface area (Å²) in [6, 6.07) is 36.7.